The number of nitrogens with one attached hydrogen (secondary N) is 1. The van der Waals surface area contributed by atoms with Gasteiger partial charge in [-0.05, 0) is 75.9 Å². The van der Waals surface area contributed by atoms with Crippen molar-refractivity contribution in [3.63, 3.8) is 0 Å². The van der Waals surface area contributed by atoms with Crippen LogP contribution in [0.4, 0.5) is 5.69 Å². The van der Waals surface area contributed by atoms with E-state index < -0.39 is 28.5 Å². The number of rotatable bonds is 10. The summed E-state index contributed by atoms with van der Waals surface area (Å²) >= 11 is 0. The van der Waals surface area contributed by atoms with Crippen LogP contribution in [0.1, 0.15) is 61.3 Å². The van der Waals surface area contributed by atoms with Gasteiger partial charge in [-0.1, -0.05) is 78.9 Å². The summed E-state index contributed by atoms with van der Waals surface area (Å²) in [6.45, 7) is 7.25. The van der Waals surface area contributed by atoms with Crippen molar-refractivity contribution in [1.29, 1.82) is 0 Å². The van der Waals surface area contributed by atoms with Gasteiger partial charge in [-0.15, -0.1) is 0 Å². The molecule has 0 saturated heterocycles. The van der Waals surface area contributed by atoms with Crippen molar-refractivity contribution in [2.75, 3.05) is 10.8 Å². The lowest BCUT2D eigenvalue weighted by molar-refractivity contribution is -0.139. The number of hydrogen-bond acceptors (Lipinski definition) is 4. The van der Waals surface area contributed by atoms with E-state index in [0.29, 0.717) is 5.69 Å². The second kappa shape index (κ2) is 13.3. The minimum Gasteiger partial charge on any atom is -0.352 e. The Balaban J connectivity index is 1.68. The third-order valence-electron chi connectivity index (χ3n) is 7.93. The van der Waals surface area contributed by atoms with Crippen LogP contribution in [0.25, 0.3) is 0 Å². The highest BCUT2D eigenvalue weighted by atomic mass is 32.2. The number of carbonyl (C=O) groups excluding carboxylic acids is 2. The maximum atomic E-state index is 14.1. The zero-order valence-electron chi connectivity index (χ0n) is 24.5. The van der Waals surface area contributed by atoms with Crippen molar-refractivity contribution in [2.45, 2.75) is 83.3 Å². The molecule has 3 aromatic rings. The van der Waals surface area contributed by atoms with Crippen LogP contribution in [0, 0.1) is 20.8 Å². The van der Waals surface area contributed by atoms with E-state index in [1.54, 1.807) is 43.3 Å². The molecule has 1 aliphatic rings. The first kappa shape index (κ1) is 30.3. The van der Waals surface area contributed by atoms with Gasteiger partial charge in [0.15, 0.2) is 0 Å². The van der Waals surface area contributed by atoms with E-state index in [4.69, 9.17) is 0 Å². The second-order valence-electron chi connectivity index (χ2n) is 11.1. The van der Waals surface area contributed by atoms with E-state index >= 15 is 0 Å². The van der Waals surface area contributed by atoms with Crippen LogP contribution in [-0.2, 0) is 26.2 Å². The van der Waals surface area contributed by atoms with Crippen LogP contribution in [0.2, 0.25) is 0 Å². The molecule has 8 heteroatoms. The van der Waals surface area contributed by atoms with Gasteiger partial charge in [-0.25, -0.2) is 8.42 Å². The van der Waals surface area contributed by atoms with E-state index in [2.05, 4.69) is 5.32 Å². The lowest BCUT2D eigenvalue weighted by Crippen LogP contribution is -2.53. The van der Waals surface area contributed by atoms with Gasteiger partial charge < -0.3 is 10.2 Å². The Morgan fingerprint density at radius 2 is 1.44 bits per heavy atom. The molecular formula is C33H41N3O4S. The summed E-state index contributed by atoms with van der Waals surface area (Å²) in [5.41, 5.74) is 4.19. The molecule has 1 atom stereocenters. The molecular weight excluding hydrogens is 534 g/mol. The first-order valence-corrected chi connectivity index (χ1v) is 15.8. The van der Waals surface area contributed by atoms with Crippen LogP contribution in [-0.4, -0.2) is 43.8 Å². The number of sulfonamides is 1. The van der Waals surface area contributed by atoms with Crippen LogP contribution >= 0.6 is 0 Å². The van der Waals surface area contributed by atoms with E-state index in [9.17, 15) is 18.0 Å². The van der Waals surface area contributed by atoms with Crippen molar-refractivity contribution in [3.8, 4) is 0 Å². The maximum Gasteiger partial charge on any atom is 0.264 e. The summed E-state index contributed by atoms with van der Waals surface area (Å²) in [7, 11) is -4.08. The monoisotopic (exact) mass is 575 g/mol. The highest BCUT2D eigenvalue weighted by Crippen LogP contribution is 2.26. The van der Waals surface area contributed by atoms with Crippen LogP contribution < -0.4 is 9.62 Å². The van der Waals surface area contributed by atoms with Gasteiger partial charge in [0.2, 0.25) is 11.8 Å². The first-order valence-electron chi connectivity index (χ1n) is 14.4. The van der Waals surface area contributed by atoms with Crippen LogP contribution in [0.15, 0.2) is 77.7 Å². The first-order chi connectivity index (χ1) is 19.6. The summed E-state index contributed by atoms with van der Waals surface area (Å²) < 4.78 is 29.0. The molecule has 218 valence electrons. The highest BCUT2D eigenvalue weighted by Gasteiger charge is 2.33. The number of amides is 2. The Kier molecular flexibility index (Phi) is 9.86. The van der Waals surface area contributed by atoms with Crippen molar-refractivity contribution in [3.05, 3.63) is 95.1 Å². The molecule has 1 aliphatic carbocycles. The Labute approximate surface area is 244 Å². The molecule has 0 aromatic heterocycles. The van der Waals surface area contributed by atoms with E-state index in [1.807, 2.05) is 57.2 Å². The predicted octanol–water partition coefficient (Wildman–Crippen LogP) is 5.67. The van der Waals surface area contributed by atoms with E-state index in [1.165, 1.54) is 11.3 Å². The molecule has 41 heavy (non-hydrogen) atoms. The standard InChI is InChI=1S/C33H41N3O4S/c1-24-14-18-30(19-15-24)36(41(39,40)31-20-16-25(2)17-21-31)23-32(37)35(22-28-11-9-8-10-26(28)3)27(4)33(38)34-29-12-6-5-7-13-29/h8-11,14-21,27,29H,5-7,12-13,22-23H2,1-4H3,(H,34,38)/t27-/m0/s1. The fourth-order valence-corrected chi connectivity index (χ4v) is 6.61. The highest BCUT2D eigenvalue weighted by molar-refractivity contribution is 7.92. The number of anilines is 1. The summed E-state index contributed by atoms with van der Waals surface area (Å²) in [5.74, 6) is -0.669. The zero-order chi connectivity index (χ0) is 29.6. The number of aryl methyl sites for hydroxylation is 3. The average Bonchev–Trinajstić information content (AvgIpc) is 2.96. The molecule has 4 rings (SSSR count). The Morgan fingerprint density at radius 1 is 0.854 bits per heavy atom. The number of benzene rings is 3. The maximum absolute atomic E-state index is 14.1. The molecule has 0 bridgehead atoms. The molecule has 1 saturated carbocycles. The van der Waals surface area contributed by atoms with Crippen LogP contribution in [0.5, 0.6) is 0 Å². The van der Waals surface area contributed by atoms with Gasteiger partial charge in [0.05, 0.1) is 10.6 Å². The van der Waals surface area contributed by atoms with Gasteiger partial charge in [-0.3, -0.25) is 13.9 Å². The molecule has 0 radical (unpaired) electrons. The Hall–Kier alpha value is -3.65. The lowest BCUT2D eigenvalue weighted by Gasteiger charge is -2.33. The van der Waals surface area contributed by atoms with Crippen molar-refractivity contribution < 1.29 is 18.0 Å². The van der Waals surface area contributed by atoms with Gasteiger partial charge >= 0.3 is 0 Å². The summed E-state index contributed by atoms with van der Waals surface area (Å²) in [4.78, 5) is 29.2. The minimum absolute atomic E-state index is 0.0973. The molecule has 3 aromatic carbocycles. The third-order valence-corrected chi connectivity index (χ3v) is 9.72. The van der Waals surface area contributed by atoms with Crippen LogP contribution in [0.3, 0.4) is 0 Å². The van der Waals surface area contributed by atoms with Crippen molar-refractivity contribution >= 4 is 27.5 Å². The van der Waals surface area contributed by atoms with Crippen molar-refractivity contribution in [2.24, 2.45) is 0 Å². The molecule has 1 fully saturated rings. The zero-order valence-corrected chi connectivity index (χ0v) is 25.3. The van der Waals surface area contributed by atoms with Gasteiger partial charge in [0.25, 0.3) is 10.0 Å². The molecule has 2 amide bonds. The smallest absolute Gasteiger partial charge is 0.264 e. The molecule has 1 N–H and O–H groups in total. The average molecular weight is 576 g/mol. The molecule has 0 unspecified atom stereocenters. The quantitative estimate of drug-likeness (QED) is 0.337. The number of carbonyl (C=O) groups is 2. The second-order valence-corrected chi connectivity index (χ2v) is 13.0. The molecule has 0 heterocycles. The molecule has 0 aliphatic heterocycles. The molecule has 7 nitrogen and oxygen atoms in total. The van der Waals surface area contributed by atoms with Gasteiger partial charge in [0, 0.05) is 12.6 Å². The number of nitrogens with zero attached hydrogens (tertiary/aromatic N) is 2. The Bertz CT molecular complexity index is 1450. The summed E-state index contributed by atoms with van der Waals surface area (Å²) in [6, 6.07) is 20.7. The van der Waals surface area contributed by atoms with Gasteiger partial charge in [-0.2, -0.15) is 0 Å². The largest absolute Gasteiger partial charge is 0.352 e. The fourth-order valence-electron chi connectivity index (χ4n) is 5.20. The minimum atomic E-state index is -4.08. The molecule has 0 spiro atoms. The SMILES string of the molecule is Cc1ccc(N(CC(=O)N(Cc2ccccc2C)[C@@H](C)C(=O)NC2CCCCC2)S(=O)(=O)c2ccc(C)cc2)cc1. The number of hydrogen-bond donors (Lipinski definition) is 1. The van der Waals surface area contributed by atoms with Gasteiger partial charge in [0.1, 0.15) is 12.6 Å². The topological polar surface area (TPSA) is 86.8 Å². The predicted molar refractivity (Wildman–Crippen MR) is 163 cm³/mol. The summed E-state index contributed by atoms with van der Waals surface area (Å²) in [6.07, 6.45) is 5.19. The summed E-state index contributed by atoms with van der Waals surface area (Å²) in [5, 5.41) is 3.14. The fraction of sp³-hybridized carbons (Fsp3) is 0.394. The third kappa shape index (κ3) is 7.55. The van der Waals surface area contributed by atoms with E-state index in [0.717, 1.165) is 52.2 Å². The lowest BCUT2D eigenvalue weighted by atomic mass is 9.95. The van der Waals surface area contributed by atoms with E-state index in [-0.39, 0.29) is 23.4 Å². The van der Waals surface area contributed by atoms with Crippen molar-refractivity contribution in [1.82, 2.24) is 10.2 Å². The Morgan fingerprint density at radius 3 is 2.05 bits per heavy atom. The normalized spacial score (nSPS) is 14.7.